The van der Waals surface area contributed by atoms with Crippen LogP contribution in [0.5, 0.6) is 0 Å². The Balaban J connectivity index is 1.75. The summed E-state index contributed by atoms with van der Waals surface area (Å²) in [6, 6.07) is 15.2. The molecule has 6 heteroatoms. The number of para-hydroxylation sites is 1. The third-order valence-corrected chi connectivity index (χ3v) is 5.64. The topological polar surface area (TPSA) is 50.2 Å². The molecule has 0 aliphatic heterocycles. The van der Waals surface area contributed by atoms with Crippen LogP contribution in [0.1, 0.15) is 5.56 Å². The summed E-state index contributed by atoms with van der Waals surface area (Å²) in [6.45, 7) is 0. The quantitative estimate of drug-likeness (QED) is 0.579. The van der Waals surface area contributed by atoms with Crippen LogP contribution in [0.3, 0.4) is 0 Å². The summed E-state index contributed by atoms with van der Waals surface area (Å²) in [5.74, 6) is 0.741. The molecular weight excluding hydrogens is 310 g/mol. The van der Waals surface area contributed by atoms with E-state index in [0.717, 1.165) is 21.2 Å². The van der Waals surface area contributed by atoms with E-state index >= 15 is 0 Å². The van der Waals surface area contributed by atoms with Crippen LogP contribution in [0.2, 0.25) is 0 Å². The molecule has 0 saturated carbocycles. The highest BCUT2D eigenvalue weighted by Crippen LogP contribution is 2.31. The Hall–Kier alpha value is -1.21. The fraction of sp³-hybridized carbons (Fsp3) is 0.0714. The lowest BCUT2D eigenvalue weighted by molar-refractivity contribution is 0.564. The molecule has 0 spiro atoms. The van der Waals surface area contributed by atoms with Crippen LogP contribution in [0.15, 0.2) is 57.8 Å². The van der Waals surface area contributed by atoms with E-state index in [4.69, 9.17) is 4.55 Å². The first-order chi connectivity index (χ1) is 9.72. The van der Waals surface area contributed by atoms with Crippen molar-refractivity contribution in [3.63, 3.8) is 0 Å². The SMILES string of the molecule is O=S(O)c1cccc(CSc2nc3ccccc3s2)c1. The number of nitrogens with zero attached hydrogens (tertiary/aromatic N) is 1. The molecule has 0 aliphatic carbocycles. The molecule has 0 fully saturated rings. The standard InChI is InChI=1S/C14H11NO2S3/c16-20(17)11-5-3-4-10(8-11)9-18-14-15-12-6-1-2-7-13(12)19-14/h1-8H,9H2,(H,16,17). The predicted molar refractivity (Wildman–Crippen MR) is 84.7 cm³/mol. The Labute approximate surface area is 127 Å². The minimum atomic E-state index is -1.92. The van der Waals surface area contributed by atoms with E-state index in [1.54, 1.807) is 41.3 Å². The lowest BCUT2D eigenvalue weighted by Crippen LogP contribution is -1.89. The summed E-state index contributed by atoms with van der Waals surface area (Å²) in [4.78, 5) is 4.99. The Morgan fingerprint density at radius 1 is 1.20 bits per heavy atom. The van der Waals surface area contributed by atoms with Crippen LogP contribution in [0, 0.1) is 0 Å². The fourth-order valence-electron chi connectivity index (χ4n) is 1.80. The molecular formula is C14H11NO2S3. The molecule has 20 heavy (non-hydrogen) atoms. The number of benzene rings is 2. The normalized spacial score (nSPS) is 12.7. The summed E-state index contributed by atoms with van der Waals surface area (Å²) in [5.41, 5.74) is 2.04. The van der Waals surface area contributed by atoms with Gasteiger partial charge < -0.3 is 4.55 Å². The maximum Gasteiger partial charge on any atom is 0.186 e. The second-order valence-corrected chi connectivity index (χ2v) is 7.36. The minimum Gasteiger partial charge on any atom is -0.302 e. The van der Waals surface area contributed by atoms with E-state index in [1.807, 2.05) is 24.3 Å². The number of hydrogen-bond donors (Lipinski definition) is 1. The highest BCUT2D eigenvalue weighted by atomic mass is 32.2. The molecule has 1 aromatic heterocycles. The van der Waals surface area contributed by atoms with Gasteiger partial charge in [-0.25, -0.2) is 9.19 Å². The van der Waals surface area contributed by atoms with Gasteiger partial charge in [0, 0.05) is 5.75 Å². The van der Waals surface area contributed by atoms with Gasteiger partial charge >= 0.3 is 0 Å². The second kappa shape index (κ2) is 6.05. The summed E-state index contributed by atoms with van der Waals surface area (Å²) in [7, 11) is 0. The predicted octanol–water partition coefficient (Wildman–Crippen LogP) is 4.17. The number of hydrogen-bond acceptors (Lipinski definition) is 4. The molecule has 0 aliphatic rings. The van der Waals surface area contributed by atoms with E-state index < -0.39 is 11.1 Å². The molecule has 3 nitrogen and oxygen atoms in total. The summed E-state index contributed by atoms with van der Waals surface area (Å²) < 4.78 is 22.3. The number of thiazole rings is 1. The van der Waals surface area contributed by atoms with Crippen molar-refractivity contribution < 1.29 is 8.76 Å². The third-order valence-electron chi connectivity index (χ3n) is 2.74. The van der Waals surface area contributed by atoms with Gasteiger partial charge in [0.25, 0.3) is 0 Å². The van der Waals surface area contributed by atoms with Gasteiger partial charge in [0.15, 0.2) is 15.4 Å². The van der Waals surface area contributed by atoms with Gasteiger partial charge in [0.1, 0.15) is 0 Å². The van der Waals surface area contributed by atoms with Crippen molar-refractivity contribution in [2.24, 2.45) is 0 Å². The maximum atomic E-state index is 11.0. The van der Waals surface area contributed by atoms with E-state index in [-0.39, 0.29) is 0 Å². The molecule has 0 bridgehead atoms. The number of rotatable bonds is 4. The first-order valence-corrected chi connectivity index (χ1v) is 8.81. The summed E-state index contributed by atoms with van der Waals surface area (Å²) >= 11 is 1.39. The second-order valence-electron chi connectivity index (χ2n) is 4.13. The zero-order valence-corrected chi connectivity index (χ0v) is 12.8. The monoisotopic (exact) mass is 321 g/mol. The van der Waals surface area contributed by atoms with Crippen LogP contribution < -0.4 is 0 Å². The molecule has 1 atom stereocenters. The summed E-state index contributed by atoms with van der Waals surface area (Å²) in [5, 5.41) is 0. The van der Waals surface area contributed by atoms with E-state index in [1.165, 1.54) is 4.70 Å². The molecule has 3 aromatic rings. The van der Waals surface area contributed by atoms with E-state index in [2.05, 4.69) is 11.1 Å². The van der Waals surface area contributed by atoms with Crippen molar-refractivity contribution in [2.45, 2.75) is 15.0 Å². The van der Waals surface area contributed by atoms with Crippen molar-refractivity contribution in [1.82, 2.24) is 4.98 Å². The minimum absolute atomic E-state index is 0.437. The van der Waals surface area contributed by atoms with E-state index in [0.29, 0.717) is 4.90 Å². The fourth-order valence-corrected chi connectivity index (χ4v) is 4.26. The maximum absolute atomic E-state index is 11.0. The van der Waals surface area contributed by atoms with Gasteiger partial charge in [-0.2, -0.15) is 0 Å². The number of thioether (sulfide) groups is 1. The molecule has 0 saturated heterocycles. The largest absolute Gasteiger partial charge is 0.302 e. The van der Waals surface area contributed by atoms with Crippen molar-refractivity contribution in [3.05, 3.63) is 54.1 Å². The van der Waals surface area contributed by atoms with Crippen LogP contribution in [-0.4, -0.2) is 13.7 Å². The van der Waals surface area contributed by atoms with Gasteiger partial charge in [-0.15, -0.1) is 11.3 Å². The zero-order chi connectivity index (χ0) is 13.9. The molecule has 2 aromatic carbocycles. The van der Waals surface area contributed by atoms with Crippen molar-refractivity contribution in [3.8, 4) is 0 Å². The highest BCUT2D eigenvalue weighted by molar-refractivity contribution is 8.00. The van der Waals surface area contributed by atoms with Crippen LogP contribution in [0.25, 0.3) is 10.2 Å². The molecule has 1 unspecified atom stereocenters. The number of fused-ring (bicyclic) bond motifs is 1. The van der Waals surface area contributed by atoms with Gasteiger partial charge in [-0.1, -0.05) is 36.0 Å². The Morgan fingerprint density at radius 3 is 2.85 bits per heavy atom. The van der Waals surface area contributed by atoms with Gasteiger partial charge in [0.2, 0.25) is 0 Å². The molecule has 1 heterocycles. The average Bonchev–Trinajstić information content (AvgIpc) is 2.88. The van der Waals surface area contributed by atoms with Crippen molar-refractivity contribution in [2.75, 3.05) is 0 Å². The van der Waals surface area contributed by atoms with Crippen molar-refractivity contribution >= 4 is 44.4 Å². The number of aromatic nitrogens is 1. The first-order valence-electron chi connectivity index (χ1n) is 5.90. The third kappa shape index (κ3) is 3.09. The van der Waals surface area contributed by atoms with Crippen LogP contribution >= 0.6 is 23.1 Å². The first kappa shape index (κ1) is 13.8. The van der Waals surface area contributed by atoms with Crippen LogP contribution in [0.4, 0.5) is 0 Å². The zero-order valence-electron chi connectivity index (χ0n) is 10.4. The van der Waals surface area contributed by atoms with E-state index in [9.17, 15) is 4.21 Å². The van der Waals surface area contributed by atoms with Gasteiger partial charge in [-0.05, 0) is 29.8 Å². The Kier molecular flexibility index (Phi) is 4.16. The Bertz CT molecular complexity index is 737. The van der Waals surface area contributed by atoms with Gasteiger partial charge in [0.05, 0.1) is 15.1 Å². The average molecular weight is 321 g/mol. The van der Waals surface area contributed by atoms with Gasteiger partial charge in [-0.3, -0.25) is 0 Å². The molecule has 0 amide bonds. The van der Waals surface area contributed by atoms with Crippen molar-refractivity contribution in [1.29, 1.82) is 0 Å². The molecule has 3 rings (SSSR count). The summed E-state index contributed by atoms with van der Waals surface area (Å²) in [6.07, 6.45) is 0. The molecule has 1 N–H and O–H groups in total. The lowest BCUT2D eigenvalue weighted by Gasteiger charge is -2.01. The lowest BCUT2D eigenvalue weighted by atomic mass is 10.2. The molecule has 0 radical (unpaired) electrons. The highest BCUT2D eigenvalue weighted by Gasteiger charge is 2.05. The van der Waals surface area contributed by atoms with Crippen LogP contribution in [-0.2, 0) is 16.8 Å². The smallest absolute Gasteiger partial charge is 0.186 e. The molecule has 102 valence electrons. The Morgan fingerprint density at radius 2 is 2.05 bits per heavy atom.